The van der Waals surface area contributed by atoms with Gasteiger partial charge in [0.2, 0.25) is 5.91 Å². The largest absolute Gasteiger partial charge is 0.334 e. The number of alkyl halides is 1. The highest BCUT2D eigenvalue weighted by atomic mass is 35.5. The lowest BCUT2D eigenvalue weighted by Gasteiger charge is -2.19. The molecule has 0 bridgehead atoms. The van der Waals surface area contributed by atoms with Gasteiger partial charge in [0.1, 0.15) is 5.38 Å². The van der Waals surface area contributed by atoms with E-state index in [4.69, 9.17) is 11.6 Å². The van der Waals surface area contributed by atoms with Crippen molar-refractivity contribution >= 4 is 35.3 Å². The maximum absolute atomic E-state index is 11.5. The molecule has 16 heavy (non-hydrogen) atoms. The third-order valence-corrected chi connectivity index (χ3v) is 4.04. The molecular formula is C10H17ClN2O2S. The Morgan fingerprint density at radius 3 is 2.69 bits per heavy atom. The molecule has 1 saturated carbocycles. The van der Waals surface area contributed by atoms with Crippen molar-refractivity contribution in [2.24, 2.45) is 0 Å². The van der Waals surface area contributed by atoms with Crippen molar-refractivity contribution in [2.45, 2.75) is 42.9 Å². The number of rotatable bonds is 3. The lowest BCUT2D eigenvalue weighted by atomic mass is 10.2. The standard InChI is InChI=1S/C10H17ClN2O2S/c1-6(11)9(14)13-10(15)12-7-4-3-5-8(7)16-2/h6-8H,3-5H2,1-2H3,(H2,12,13,14,15). The summed E-state index contributed by atoms with van der Waals surface area (Å²) in [5, 5.41) is 4.80. The molecule has 0 aromatic heterocycles. The topological polar surface area (TPSA) is 58.2 Å². The molecule has 3 atom stereocenters. The van der Waals surface area contributed by atoms with Crippen LogP contribution in [0, 0.1) is 0 Å². The molecule has 0 aliphatic heterocycles. The summed E-state index contributed by atoms with van der Waals surface area (Å²) in [4.78, 5) is 22.6. The molecule has 1 fully saturated rings. The van der Waals surface area contributed by atoms with Gasteiger partial charge in [-0.15, -0.1) is 11.6 Å². The Morgan fingerprint density at radius 1 is 1.44 bits per heavy atom. The zero-order chi connectivity index (χ0) is 12.1. The SMILES string of the molecule is CSC1CCCC1NC(=O)NC(=O)C(C)Cl. The predicted molar refractivity (Wildman–Crippen MR) is 66.9 cm³/mol. The Balaban J connectivity index is 2.36. The van der Waals surface area contributed by atoms with E-state index in [1.54, 1.807) is 11.8 Å². The summed E-state index contributed by atoms with van der Waals surface area (Å²) in [6.07, 6.45) is 5.25. The van der Waals surface area contributed by atoms with E-state index in [2.05, 4.69) is 10.6 Å². The summed E-state index contributed by atoms with van der Waals surface area (Å²) in [5.41, 5.74) is 0. The Kier molecular flexibility index (Phi) is 5.41. The highest BCUT2D eigenvalue weighted by Gasteiger charge is 2.28. The molecule has 1 aliphatic carbocycles. The maximum Gasteiger partial charge on any atom is 0.321 e. The zero-order valence-electron chi connectivity index (χ0n) is 9.46. The van der Waals surface area contributed by atoms with Crippen LogP contribution >= 0.6 is 23.4 Å². The number of hydrogen-bond donors (Lipinski definition) is 2. The fraction of sp³-hybridized carbons (Fsp3) is 0.800. The number of carbonyl (C=O) groups excluding carboxylic acids is 2. The molecule has 0 saturated heterocycles. The van der Waals surface area contributed by atoms with E-state index in [0.717, 1.165) is 19.3 Å². The van der Waals surface area contributed by atoms with E-state index in [0.29, 0.717) is 5.25 Å². The van der Waals surface area contributed by atoms with E-state index < -0.39 is 17.3 Å². The third-order valence-electron chi connectivity index (χ3n) is 2.67. The first-order valence-corrected chi connectivity index (χ1v) is 7.05. The molecule has 0 spiro atoms. The second-order valence-corrected chi connectivity index (χ2v) is 5.62. The number of urea groups is 1. The van der Waals surface area contributed by atoms with Crippen LogP contribution in [0.2, 0.25) is 0 Å². The van der Waals surface area contributed by atoms with Gasteiger partial charge in [0.15, 0.2) is 0 Å². The molecule has 4 nitrogen and oxygen atoms in total. The summed E-state index contributed by atoms with van der Waals surface area (Å²) in [7, 11) is 0. The van der Waals surface area contributed by atoms with Gasteiger partial charge in [0, 0.05) is 11.3 Å². The monoisotopic (exact) mass is 264 g/mol. The first-order chi connectivity index (χ1) is 7.54. The van der Waals surface area contributed by atoms with Gasteiger partial charge in [0.05, 0.1) is 0 Å². The molecule has 1 rings (SSSR count). The smallest absolute Gasteiger partial charge is 0.321 e. The van der Waals surface area contributed by atoms with Crippen LogP contribution in [0.5, 0.6) is 0 Å². The van der Waals surface area contributed by atoms with Crippen LogP contribution in [-0.2, 0) is 4.79 Å². The third kappa shape index (κ3) is 3.87. The van der Waals surface area contributed by atoms with Gasteiger partial charge >= 0.3 is 6.03 Å². The maximum atomic E-state index is 11.5. The first-order valence-electron chi connectivity index (χ1n) is 5.32. The summed E-state index contributed by atoms with van der Waals surface area (Å²) >= 11 is 7.30. The Morgan fingerprint density at radius 2 is 2.12 bits per heavy atom. The van der Waals surface area contributed by atoms with Crippen molar-refractivity contribution in [1.82, 2.24) is 10.6 Å². The molecule has 3 unspecified atom stereocenters. The Labute approximate surface area is 105 Å². The molecule has 0 heterocycles. The highest BCUT2D eigenvalue weighted by Crippen LogP contribution is 2.28. The summed E-state index contributed by atoms with van der Waals surface area (Å²) < 4.78 is 0. The predicted octanol–water partition coefficient (Wildman–Crippen LogP) is 1.72. The molecule has 0 aromatic rings. The van der Waals surface area contributed by atoms with Gasteiger partial charge in [-0.1, -0.05) is 6.42 Å². The molecule has 6 heteroatoms. The highest BCUT2D eigenvalue weighted by molar-refractivity contribution is 7.99. The number of carbonyl (C=O) groups is 2. The molecule has 3 amide bonds. The van der Waals surface area contributed by atoms with Crippen LogP contribution in [0.4, 0.5) is 4.79 Å². The average molecular weight is 265 g/mol. The Hall–Kier alpha value is -0.420. The normalized spacial score (nSPS) is 26.2. The van der Waals surface area contributed by atoms with Crippen LogP contribution in [0.3, 0.4) is 0 Å². The number of halogens is 1. The minimum absolute atomic E-state index is 0.161. The summed E-state index contributed by atoms with van der Waals surface area (Å²) in [6.45, 7) is 1.53. The number of thioether (sulfide) groups is 1. The van der Waals surface area contributed by atoms with Crippen molar-refractivity contribution in [2.75, 3.05) is 6.26 Å². The lowest BCUT2D eigenvalue weighted by molar-refractivity contribution is -0.119. The van der Waals surface area contributed by atoms with E-state index in [1.165, 1.54) is 6.92 Å². The quantitative estimate of drug-likeness (QED) is 0.764. The van der Waals surface area contributed by atoms with Crippen LogP contribution < -0.4 is 10.6 Å². The van der Waals surface area contributed by atoms with Gasteiger partial charge in [-0.05, 0) is 26.0 Å². The first kappa shape index (κ1) is 13.6. The van der Waals surface area contributed by atoms with E-state index in [1.807, 2.05) is 6.26 Å². The minimum Gasteiger partial charge on any atom is -0.334 e. The molecule has 0 radical (unpaired) electrons. The van der Waals surface area contributed by atoms with Crippen molar-refractivity contribution in [3.8, 4) is 0 Å². The Bertz CT molecular complexity index is 274. The van der Waals surface area contributed by atoms with Gasteiger partial charge in [-0.25, -0.2) is 4.79 Å². The number of nitrogens with one attached hydrogen (secondary N) is 2. The van der Waals surface area contributed by atoms with Crippen molar-refractivity contribution in [1.29, 1.82) is 0 Å². The fourth-order valence-electron chi connectivity index (χ4n) is 1.79. The van der Waals surface area contributed by atoms with Gasteiger partial charge in [-0.3, -0.25) is 10.1 Å². The zero-order valence-corrected chi connectivity index (χ0v) is 11.0. The molecule has 1 aliphatic rings. The summed E-state index contributed by atoms with van der Waals surface area (Å²) in [6, 6.07) is -0.281. The fourth-order valence-corrected chi connectivity index (χ4v) is 2.78. The second-order valence-electron chi connectivity index (χ2n) is 3.89. The van der Waals surface area contributed by atoms with Crippen LogP contribution in [-0.4, -0.2) is 34.9 Å². The average Bonchev–Trinajstić information content (AvgIpc) is 2.64. The van der Waals surface area contributed by atoms with E-state index >= 15 is 0 Å². The minimum atomic E-state index is -0.689. The number of amides is 3. The molecule has 0 aromatic carbocycles. The number of imide groups is 1. The van der Waals surface area contributed by atoms with E-state index in [-0.39, 0.29) is 6.04 Å². The molecule has 92 valence electrons. The van der Waals surface area contributed by atoms with Gasteiger partial charge in [-0.2, -0.15) is 11.8 Å². The van der Waals surface area contributed by atoms with Gasteiger partial charge in [0.25, 0.3) is 0 Å². The van der Waals surface area contributed by atoms with Crippen LogP contribution in [0.15, 0.2) is 0 Å². The van der Waals surface area contributed by atoms with Crippen molar-refractivity contribution in [3.63, 3.8) is 0 Å². The summed E-state index contributed by atoms with van der Waals surface area (Å²) in [5.74, 6) is -0.460. The second kappa shape index (κ2) is 6.35. The molecular weight excluding hydrogens is 248 g/mol. The van der Waals surface area contributed by atoms with Crippen LogP contribution in [0.25, 0.3) is 0 Å². The van der Waals surface area contributed by atoms with Gasteiger partial charge < -0.3 is 5.32 Å². The number of hydrogen-bond acceptors (Lipinski definition) is 3. The van der Waals surface area contributed by atoms with Crippen molar-refractivity contribution < 1.29 is 9.59 Å². The molecule has 2 N–H and O–H groups in total. The van der Waals surface area contributed by atoms with Crippen LogP contribution in [0.1, 0.15) is 26.2 Å². The van der Waals surface area contributed by atoms with E-state index in [9.17, 15) is 9.59 Å². The lowest BCUT2D eigenvalue weighted by Crippen LogP contribution is -2.48. The van der Waals surface area contributed by atoms with Crippen molar-refractivity contribution in [3.05, 3.63) is 0 Å².